The second-order valence-electron chi connectivity index (χ2n) is 12.6. The predicted octanol–water partition coefficient (Wildman–Crippen LogP) is 1.21. The summed E-state index contributed by atoms with van der Waals surface area (Å²) in [6.07, 6.45) is -15.1. The SMILES string of the molecule is COc1ccc(-c2oc3c(c(O)cc4oc(C(C)(C)O)cc43)c(=O)c2O[C@@H]2O[C@@H](C)[C@H](O)[C@@H](O)[C@H]2O[C@@H]2O[C@@H](C)[C@H](O)[C@@H](O)[C@H]2O)cc1. The Bertz CT molecular complexity index is 1840. The molecule has 4 heterocycles. The summed E-state index contributed by atoms with van der Waals surface area (Å²) in [5.74, 6) is -0.483. The summed E-state index contributed by atoms with van der Waals surface area (Å²) in [5.41, 5.74) is -1.87. The fraction of sp³-hybridized carbons (Fsp3) is 0.485. The van der Waals surface area contributed by atoms with Crippen molar-refractivity contribution in [3.05, 3.63) is 52.4 Å². The molecule has 15 nitrogen and oxygen atoms in total. The number of furan rings is 1. The molecule has 15 heteroatoms. The summed E-state index contributed by atoms with van der Waals surface area (Å²) in [7, 11) is 1.48. The van der Waals surface area contributed by atoms with Crippen LogP contribution in [0.2, 0.25) is 0 Å². The standard InChI is InChI=1S/C33H38O15/c1-12-21(35)24(38)26(40)31(43-12)48-30-25(39)22(36)13(2)44-32(30)47-29-23(37)20-17(34)11-18-16(10-19(45-18)33(3,4)41)28(20)46-27(29)14-6-8-15(42-5)9-7-14/h6-13,21-22,24-26,30-32,34-36,38-41H,1-5H3/t12-,13-,21-,22-,24+,25+,26+,30+,31-,32-/m0/s1. The Labute approximate surface area is 273 Å². The van der Waals surface area contributed by atoms with Crippen molar-refractivity contribution in [2.45, 2.75) is 94.7 Å². The molecule has 0 spiro atoms. The number of aliphatic hydroxyl groups is 6. The maximum atomic E-state index is 14.3. The quantitative estimate of drug-likeness (QED) is 0.146. The maximum Gasteiger partial charge on any atom is 0.239 e. The predicted molar refractivity (Wildman–Crippen MR) is 165 cm³/mol. The Morgan fingerprint density at radius 3 is 2.06 bits per heavy atom. The van der Waals surface area contributed by atoms with Crippen LogP contribution in [-0.2, 0) is 19.8 Å². The molecule has 2 aromatic heterocycles. The Hall–Kier alpha value is -3.77. The molecule has 2 fully saturated rings. The van der Waals surface area contributed by atoms with Gasteiger partial charge in [-0.1, -0.05) is 0 Å². The van der Waals surface area contributed by atoms with Crippen LogP contribution in [0, 0.1) is 0 Å². The number of ether oxygens (including phenoxy) is 5. The van der Waals surface area contributed by atoms with Crippen LogP contribution >= 0.6 is 0 Å². The van der Waals surface area contributed by atoms with Gasteiger partial charge in [-0.25, -0.2) is 0 Å². The van der Waals surface area contributed by atoms with Crippen LogP contribution in [0.4, 0.5) is 0 Å². The van der Waals surface area contributed by atoms with Gasteiger partial charge in [0.15, 0.2) is 23.7 Å². The molecule has 0 bridgehead atoms. The van der Waals surface area contributed by atoms with Crippen molar-refractivity contribution in [3.63, 3.8) is 0 Å². The van der Waals surface area contributed by atoms with Gasteiger partial charge in [-0.2, -0.15) is 0 Å². The van der Waals surface area contributed by atoms with E-state index < -0.39 is 83.9 Å². The van der Waals surface area contributed by atoms with Crippen LogP contribution in [0.5, 0.6) is 17.2 Å². The minimum absolute atomic E-state index is 0.0751. The van der Waals surface area contributed by atoms with Gasteiger partial charge in [0, 0.05) is 11.6 Å². The second kappa shape index (κ2) is 12.6. The average molecular weight is 675 g/mol. The van der Waals surface area contributed by atoms with Crippen LogP contribution in [0.3, 0.4) is 0 Å². The summed E-state index contributed by atoms with van der Waals surface area (Å²) in [6.45, 7) is 5.90. The second-order valence-corrected chi connectivity index (χ2v) is 12.6. The lowest BCUT2D eigenvalue weighted by Crippen LogP contribution is -2.63. The van der Waals surface area contributed by atoms with Gasteiger partial charge in [0.05, 0.1) is 24.7 Å². The minimum Gasteiger partial charge on any atom is -0.507 e. The average Bonchev–Trinajstić information content (AvgIpc) is 3.49. The molecule has 4 aromatic rings. The van der Waals surface area contributed by atoms with Gasteiger partial charge in [0.1, 0.15) is 64.3 Å². The molecule has 2 saturated heterocycles. The van der Waals surface area contributed by atoms with Gasteiger partial charge in [0.25, 0.3) is 0 Å². The van der Waals surface area contributed by atoms with E-state index in [9.17, 15) is 40.5 Å². The highest BCUT2D eigenvalue weighted by Crippen LogP contribution is 2.41. The summed E-state index contributed by atoms with van der Waals surface area (Å²) in [6, 6.07) is 9.09. The highest BCUT2D eigenvalue weighted by Gasteiger charge is 2.50. The van der Waals surface area contributed by atoms with Crippen molar-refractivity contribution in [1.82, 2.24) is 0 Å². The van der Waals surface area contributed by atoms with Crippen LogP contribution in [-0.4, -0.2) is 104 Å². The monoisotopic (exact) mass is 674 g/mol. The topological polar surface area (TPSA) is 231 Å². The number of aromatic hydroxyl groups is 1. The summed E-state index contributed by atoms with van der Waals surface area (Å²) in [4.78, 5) is 14.3. The van der Waals surface area contributed by atoms with Gasteiger partial charge in [-0.3, -0.25) is 4.79 Å². The van der Waals surface area contributed by atoms with Gasteiger partial charge >= 0.3 is 0 Å². The van der Waals surface area contributed by atoms with Gasteiger partial charge in [0.2, 0.25) is 17.5 Å². The van der Waals surface area contributed by atoms with E-state index in [1.54, 1.807) is 24.3 Å². The minimum atomic E-state index is -1.77. The third-order valence-corrected chi connectivity index (χ3v) is 8.67. The van der Waals surface area contributed by atoms with Crippen molar-refractivity contribution in [3.8, 4) is 28.6 Å². The molecule has 0 radical (unpaired) electrons. The molecule has 2 aromatic carbocycles. The van der Waals surface area contributed by atoms with E-state index in [1.807, 2.05) is 0 Å². The normalized spacial score (nSPS) is 31.3. The Morgan fingerprint density at radius 2 is 1.44 bits per heavy atom. The zero-order valence-corrected chi connectivity index (χ0v) is 26.6. The number of rotatable bonds is 7. The Balaban J connectivity index is 1.50. The van der Waals surface area contributed by atoms with E-state index in [1.165, 1.54) is 46.9 Å². The van der Waals surface area contributed by atoms with Crippen molar-refractivity contribution in [2.24, 2.45) is 0 Å². The molecule has 7 N–H and O–H groups in total. The van der Waals surface area contributed by atoms with Crippen LogP contribution in [0.1, 0.15) is 33.5 Å². The number of aliphatic hydroxyl groups excluding tert-OH is 5. The maximum absolute atomic E-state index is 14.3. The molecule has 48 heavy (non-hydrogen) atoms. The molecule has 10 atom stereocenters. The van der Waals surface area contributed by atoms with Crippen molar-refractivity contribution in [1.29, 1.82) is 0 Å². The lowest BCUT2D eigenvalue weighted by atomic mass is 9.98. The highest BCUT2D eigenvalue weighted by atomic mass is 16.8. The van der Waals surface area contributed by atoms with Gasteiger partial charge < -0.3 is 68.3 Å². The van der Waals surface area contributed by atoms with Crippen LogP contribution in [0.25, 0.3) is 33.3 Å². The highest BCUT2D eigenvalue weighted by molar-refractivity contribution is 6.06. The summed E-state index contributed by atoms with van der Waals surface area (Å²) < 4.78 is 40.7. The van der Waals surface area contributed by atoms with E-state index >= 15 is 0 Å². The molecule has 260 valence electrons. The van der Waals surface area contributed by atoms with Crippen molar-refractivity contribution in [2.75, 3.05) is 7.11 Å². The van der Waals surface area contributed by atoms with E-state index in [-0.39, 0.29) is 33.5 Å². The zero-order valence-electron chi connectivity index (χ0n) is 26.6. The van der Waals surface area contributed by atoms with E-state index in [2.05, 4.69) is 0 Å². The molecule has 2 aliphatic heterocycles. The van der Waals surface area contributed by atoms with Crippen molar-refractivity contribution >= 4 is 21.9 Å². The van der Waals surface area contributed by atoms with Gasteiger partial charge in [-0.05, 0) is 58.0 Å². The first kappa shape index (κ1) is 34.1. The molecule has 0 saturated carbocycles. The summed E-state index contributed by atoms with van der Waals surface area (Å²) in [5, 5.41) is 74.4. The van der Waals surface area contributed by atoms with E-state index in [0.29, 0.717) is 11.3 Å². The summed E-state index contributed by atoms with van der Waals surface area (Å²) >= 11 is 0. The number of methoxy groups -OCH3 is 1. The lowest BCUT2D eigenvalue weighted by molar-refractivity contribution is -0.352. The third-order valence-electron chi connectivity index (χ3n) is 8.67. The van der Waals surface area contributed by atoms with Crippen LogP contribution in [0.15, 0.2) is 50.0 Å². The molecule has 6 rings (SSSR count). The van der Waals surface area contributed by atoms with E-state index in [0.717, 1.165) is 0 Å². The molecule has 2 aliphatic rings. The number of benzene rings is 2. The number of hydrogen-bond donors (Lipinski definition) is 7. The molecule has 0 aliphatic carbocycles. The smallest absolute Gasteiger partial charge is 0.239 e. The zero-order chi connectivity index (χ0) is 34.8. The lowest BCUT2D eigenvalue weighted by Gasteiger charge is -2.45. The van der Waals surface area contributed by atoms with Crippen molar-refractivity contribution < 1.29 is 68.3 Å². The number of phenols is 1. The first-order chi connectivity index (χ1) is 22.6. The molecular formula is C33H38O15. The fourth-order valence-corrected chi connectivity index (χ4v) is 5.81. The largest absolute Gasteiger partial charge is 0.507 e. The molecular weight excluding hydrogens is 636 g/mol. The first-order valence-electron chi connectivity index (χ1n) is 15.3. The van der Waals surface area contributed by atoms with Gasteiger partial charge in [-0.15, -0.1) is 0 Å². The molecule has 0 amide bonds. The first-order valence-corrected chi connectivity index (χ1v) is 15.3. The third kappa shape index (κ3) is 5.91. The number of hydrogen-bond acceptors (Lipinski definition) is 15. The number of fused-ring (bicyclic) bond motifs is 3. The Kier molecular flexibility index (Phi) is 8.95. The fourth-order valence-electron chi connectivity index (χ4n) is 5.81. The van der Waals surface area contributed by atoms with Crippen LogP contribution < -0.4 is 14.9 Å². The Morgan fingerprint density at radius 1 is 0.812 bits per heavy atom. The molecule has 0 unspecified atom stereocenters. The number of phenolic OH excluding ortho intramolecular Hbond substituents is 1. The van der Waals surface area contributed by atoms with E-state index in [4.69, 9.17) is 32.5 Å².